The van der Waals surface area contributed by atoms with Gasteiger partial charge >= 0.3 is 0 Å². The van der Waals surface area contributed by atoms with Crippen molar-refractivity contribution in [2.24, 2.45) is 0 Å². The fourth-order valence-corrected chi connectivity index (χ4v) is 9.70. The number of hydrogen-bond donors (Lipinski definition) is 0. The Labute approximate surface area is 347 Å². The molecule has 11 rings (SSSR count). The van der Waals surface area contributed by atoms with E-state index in [1.54, 1.807) is 0 Å². The first-order valence-corrected chi connectivity index (χ1v) is 20.9. The lowest BCUT2D eigenvalue weighted by atomic mass is 9.34. The van der Waals surface area contributed by atoms with Gasteiger partial charge < -0.3 is 9.47 Å². The van der Waals surface area contributed by atoms with Gasteiger partial charge in [-0.3, -0.25) is 0 Å². The minimum Gasteiger partial charge on any atom is -0.458 e. The molecule has 0 radical (unpaired) electrons. The molecule has 59 heavy (non-hydrogen) atoms. The van der Waals surface area contributed by atoms with Gasteiger partial charge in [-0.25, -0.2) is 0 Å². The average Bonchev–Trinajstić information content (AvgIpc) is 3.24. The van der Waals surface area contributed by atoms with Gasteiger partial charge in [0.15, 0.2) is 0 Å². The molecule has 0 atom stereocenters. The first kappa shape index (κ1) is 35.6. The third kappa shape index (κ3) is 5.63. The minimum atomic E-state index is -0.0193. The van der Waals surface area contributed by atoms with E-state index in [-0.39, 0.29) is 17.5 Å². The number of fused-ring (bicyclic) bond motifs is 7. The molecule has 3 heteroatoms. The molecule has 0 fully saturated rings. The van der Waals surface area contributed by atoms with E-state index in [1.807, 2.05) is 0 Å². The summed E-state index contributed by atoms with van der Waals surface area (Å²) in [7, 11) is 0. The molecule has 9 aromatic rings. The van der Waals surface area contributed by atoms with Crippen molar-refractivity contribution in [3.05, 3.63) is 175 Å². The van der Waals surface area contributed by atoms with Crippen LogP contribution in [0.25, 0.3) is 65.7 Å². The van der Waals surface area contributed by atoms with E-state index in [0.717, 1.165) is 34.0 Å². The Morgan fingerprint density at radius 1 is 0.356 bits per heavy atom. The molecule has 0 saturated carbocycles. The molecule has 2 aliphatic heterocycles. The van der Waals surface area contributed by atoms with Crippen LogP contribution in [0, 0.1) is 0 Å². The largest absolute Gasteiger partial charge is 0.458 e. The zero-order valence-electron chi connectivity index (χ0n) is 34.5. The highest BCUT2D eigenvalue weighted by molar-refractivity contribution is 6.98. The predicted molar refractivity (Wildman–Crippen MR) is 250 cm³/mol. The van der Waals surface area contributed by atoms with Crippen LogP contribution in [0.2, 0.25) is 0 Å². The van der Waals surface area contributed by atoms with Crippen LogP contribution in [0.4, 0.5) is 0 Å². The molecule has 0 saturated heterocycles. The van der Waals surface area contributed by atoms with Gasteiger partial charge in [-0.15, -0.1) is 0 Å². The number of benzene rings is 9. The molecule has 9 aromatic carbocycles. The standard InChI is InChI=1S/C56H45BO2/c1-55(2,3)36-24-28-48-46(32-36)57-47-33-37(56(4,5)6)25-29-49(47)59-51-31-35(30-50(58-48)54(51)57)52-41-20-12-14-22-43(41)53(44-23-15-13-21-42(44)52)45-27-26-38(34-16-8-7-9-17-34)39-18-10-11-19-40(39)45/h7-33H,1-6H3. The third-order valence-corrected chi connectivity index (χ3v) is 12.7. The minimum absolute atomic E-state index is 0.00620. The van der Waals surface area contributed by atoms with Crippen LogP contribution in [0.3, 0.4) is 0 Å². The molecule has 2 aliphatic rings. The summed E-state index contributed by atoms with van der Waals surface area (Å²) in [4.78, 5) is 0. The molecule has 0 N–H and O–H groups in total. The van der Waals surface area contributed by atoms with Crippen molar-refractivity contribution in [2.75, 3.05) is 0 Å². The fraction of sp³-hybridized carbons (Fsp3) is 0.143. The highest BCUT2D eigenvalue weighted by Gasteiger charge is 2.42. The first-order valence-electron chi connectivity index (χ1n) is 20.9. The van der Waals surface area contributed by atoms with Crippen LogP contribution >= 0.6 is 0 Å². The molecule has 0 aromatic heterocycles. The van der Waals surface area contributed by atoms with E-state index >= 15 is 0 Å². The van der Waals surface area contributed by atoms with Crippen molar-refractivity contribution in [3.63, 3.8) is 0 Å². The van der Waals surface area contributed by atoms with Gasteiger partial charge in [-0.2, -0.15) is 0 Å². The highest BCUT2D eigenvalue weighted by Crippen LogP contribution is 2.48. The molecule has 0 aliphatic carbocycles. The normalized spacial score (nSPS) is 13.2. The summed E-state index contributed by atoms with van der Waals surface area (Å²) >= 11 is 0. The van der Waals surface area contributed by atoms with Gasteiger partial charge in [0.05, 0.1) is 0 Å². The fourth-order valence-electron chi connectivity index (χ4n) is 9.70. The summed E-state index contributed by atoms with van der Waals surface area (Å²) in [5.41, 5.74) is 13.2. The van der Waals surface area contributed by atoms with Crippen LogP contribution < -0.4 is 25.9 Å². The van der Waals surface area contributed by atoms with E-state index in [4.69, 9.17) is 9.47 Å². The second-order valence-electron chi connectivity index (χ2n) is 18.4. The lowest BCUT2D eigenvalue weighted by molar-refractivity contribution is 0.464. The Bertz CT molecular complexity index is 3040. The van der Waals surface area contributed by atoms with Crippen molar-refractivity contribution in [1.82, 2.24) is 0 Å². The summed E-state index contributed by atoms with van der Waals surface area (Å²) in [5, 5.41) is 7.30. The lowest BCUT2D eigenvalue weighted by Crippen LogP contribution is -2.57. The smallest absolute Gasteiger partial charge is 0.260 e. The van der Waals surface area contributed by atoms with Crippen LogP contribution in [-0.2, 0) is 10.8 Å². The summed E-state index contributed by atoms with van der Waals surface area (Å²) < 4.78 is 14.0. The molecule has 2 heterocycles. The van der Waals surface area contributed by atoms with Crippen molar-refractivity contribution in [2.45, 2.75) is 52.4 Å². The summed E-state index contributed by atoms with van der Waals surface area (Å²) in [5.74, 6) is 3.52. The van der Waals surface area contributed by atoms with E-state index in [1.165, 1.54) is 82.2 Å². The first-order chi connectivity index (χ1) is 28.5. The van der Waals surface area contributed by atoms with Crippen LogP contribution in [0.1, 0.15) is 52.7 Å². The maximum atomic E-state index is 7.00. The molecular formula is C56H45BO2. The van der Waals surface area contributed by atoms with Gasteiger partial charge in [0, 0.05) is 5.46 Å². The van der Waals surface area contributed by atoms with E-state index in [0.29, 0.717) is 0 Å². The van der Waals surface area contributed by atoms with E-state index in [9.17, 15) is 0 Å². The van der Waals surface area contributed by atoms with Crippen molar-refractivity contribution >= 4 is 55.4 Å². The second-order valence-corrected chi connectivity index (χ2v) is 18.4. The molecule has 0 spiro atoms. The topological polar surface area (TPSA) is 18.5 Å². The highest BCUT2D eigenvalue weighted by atomic mass is 16.5. The SMILES string of the molecule is CC(C)(C)c1ccc2c(c1)B1c3cc(C(C)(C)C)ccc3Oc3cc(-c4c5ccccc5c(-c5ccc(-c6ccccc6)c6ccccc56)c5ccccc45)cc(c31)O2. The number of ether oxygens (including phenoxy) is 2. The van der Waals surface area contributed by atoms with E-state index in [2.05, 4.69) is 205 Å². The molecule has 2 nitrogen and oxygen atoms in total. The van der Waals surface area contributed by atoms with E-state index < -0.39 is 0 Å². The van der Waals surface area contributed by atoms with Gasteiger partial charge in [-0.05, 0) is 123 Å². The Morgan fingerprint density at radius 2 is 0.780 bits per heavy atom. The Balaban J connectivity index is 1.16. The molecule has 284 valence electrons. The van der Waals surface area contributed by atoms with Gasteiger partial charge in [0.1, 0.15) is 23.0 Å². The van der Waals surface area contributed by atoms with Crippen molar-refractivity contribution in [3.8, 4) is 56.4 Å². The monoisotopic (exact) mass is 760 g/mol. The molecule has 0 bridgehead atoms. The summed E-state index contributed by atoms with van der Waals surface area (Å²) in [6, 6.07) is 60.1. The second kappa shape index (κ2) is 13.0. The van der Waals surface area contributed by atoms with Crippen LogP contribution in [-0.4, -0.2) is 6.71 Å². The summed E-state index contributed by atoms with van der Waals surface area (Å²) in [6.45, 7) is 13.7. The predicted octanol–water partition coefficient (Wildman–Crippen LogP) is 13.5. The number of rotatable bonds is 3. The molecular weight excluding hydrogens is 715 g/mol. The third-order valence-electron chi connectivity index (χ3n) is 12.7. The van der Waals surface area contributed by atoms with Gasteiger partial charge in [0.2, 0.25) is 0 Å². The van der Waals surface area contributed by atoms with Crippen LogP contribution in [0.15, 0.2) is 164 Å². The van der Waals surface area contributed by atoms with Crippen molar-refractivity contribution < 1.29 is 9.47 Å². The zero-order chi connectivity index (χ0) is 40.2. The van der Waals surface area contributed by atoms with Crippen molar-refractivity contribution in [1.29, 1.82) is 0 Å². The quantitative estimate of drug-likeness (QED) is 0.132. The zero-order valence-corrected chi connectivity index (χ0v) is 34.5. The lowest BCUT2D eigenvalue weighted by Gasteiger charge is -2.35. The Kier molecular flexibility index (Phi) is 7.82. The van der Waals surface area contributed by atoms with Crippen LogP contribution in [0.5, 0.6) is 23.0 Å². The maximum Gasteiger partial charge on any atom is 0.260 e. The van der Waals surface area contributed by atoms with Gasteiger partial charge in [0.25, 0.3) is 6.71 Å². The molecule has 0 unspecified atom stereocenters. The molecule has 0 amide bonds. The maximum absolute atomic E-state index is 7.00. The summed E-state index contributed by atoms with van der Waals surface area (Å²) in [6.07, 6.45) is 0. The Morgan fingerprint density at radius 3 is 1.27 bits per heavy atom. The Hall–Kier alpha value is -6.58. The number of hydrogen-bond acceptors (Lipinski definition) is 2. The van der Waals surface area contributed by atoms with Gasteiger partial charge in [-0.1, -0.05) is 181 Å². The average molecular weight is 761 g/mol.